The Morgan fingerprint density at radius 3 is 2.43 bits per heavy atom. The number of ketones is 1. The molecule has 0 heterocycles. The lowest BCUT2D eigenvalue weighted by Crippen LogP contribution is -2.24. The number of nitrogens with zero attached hydrogens (tertiary/aromatic N) is 1. The van der Waals surface area contributed by atoms with Crippen LogP contribution in [0.25, 0.3) is 0 Å². The third kappa shape index (κ3) is 3.82. The fourth-order valence-electron chi connectivity index (χ4n) is 1.97. The molecule has 6 nitrogen and oxygen atoms in total. The van der Waals surface area contributed by atoms with Crippen molar-refractivity contribution in [2.24, 2.45) is 0 Å². The SMILES string of the molecule is COc1ccc(C(=O)[C@H](C)Oc2cc(F)ccc2[N+](=O)[O-])cc1. The number of hydrogen-bond acceptors (Lipinski definition) is 5. The van der Waals surface area contributed by atoms with Crippen LogP contribution < -0.4 is 9.47 Å². The number of benzene rings is 2. The molecule has 0 fully saturated rings. The average Bonchev–Trinajstić information content (AvgIpc) is 2.54. The second kappa shape index (κ2) is 6.87. The molecule has 0 aliphatic carbocycles. The fourth-order valence-corrected chi connectivity index (χ4v) is 1.97. The van der Waals surface area contributed by atoms with Gasteiger partial charge in [0.05, 0.1) is 12.0 Å². The first-order chi connectivity index (χ1) is 10.9. The van der Waals surface area contributed by atoms with Gasteiger partial charge in [-0.1, -0.05) is 0 Å². The number of ether oxygens (including phenoxy) is 2. The molecule has 1 atom stereocenters. The molecule has 0 amide bonds. The first kappa shape index (κ1) is 16.4. The Balaban J connectivity index is 2.20. The first-order valence-corrected chi connectivity index (χ1v) is 6.71. The van der Waals surface area contributed by atoms with Crippen molar-refractivity contribution in [2.75, 3.05) is 7.11 Å². The average molecular weight is 319 g/mol. The van der Waals surface area contributed by atoms with Gasteiger partial charge in [0.25, 0.3) is 0 Å². The van der Waals surface area contributed by atoms with Crippen molar-refractivity contribution >= 4 is 11.5 Å². The summed E-state index contributed by atoms with van der Waals surface area (Å²) in [5.41, 5.74) is -0.0434. The van der Waals surface area contributed by atoms with Gasteiger partial charge in [-0.15, -0.1) is 0 Å². The van der Waals surface area contributed by atoms with Crippen LogP contribution in [-0.2, 0) is 0 Å². The second-order valence-corrected chi connectivity index (χ2v) is 4.72. The standard InChI is InChI=1S/C16H14FNO5/c1-10(16(19)11-3-6-13(22-2)7-4-11)23-15-9-12(17)5-8-14(15)18(20)21/h3-10H,1-2H3/t10-/m0/s1. The zero-order valence-corrected chi connectivity index (χ0v) is 12.5. The zero-order chi connectivity index (χ0) is 17.0. The van der Waals surface area contributed by atoms with Crippen LogP contribution in [-0.4, -0.2) is 23.9 Å². The minimum Gasteiger partial charge on any atom is -0.497 e. The normalized spacial score (nSPS) is 11.6. The molecule has 23 heavy (non-hydrogen) atoms. The number of carbonyl (C=O) groups excluding carboxylic acids is 1. The third-order valence-corrected chi connectivity index (χ3v) is 3.17. The summed E-state index contributed by atoms with van der Waals surface area (Å²) in [5.74, 6) is -0.763. The van der Waals surface area contributed by atoms with Crippen molar-refractivity contribution in [1.29, 1.82) is 0 Å². The Morgan fingerprint density at radius 2 is 1.87 bits per heavy atom. The highest BCUT2D eigenvalue weighted by atomic mass is 19.1. The summed E-state index contributed by atoms with van der Waals surface area (Å²) in [5, 5.41) is 10.9. The molecule has 0 N–H and O–H groups in total. The topological polar surface area (TPSA) is 78.7 Å². The van der Waals surface area contributed by atoms with E-state index in [1.165, 1.54) is 14.0 Å². The molecule has 0 saturated heterocycles. The maximum atomic E-state index is 13.3. The third-order valence-electron chi connectivity index (χ3n) is 3.17. The molecule has 2 aromatic rings. The van der Waals surface area contributed by atoms with Crippen molar-refractivity contribution in [3.8, 4) is 11.5 Å². The molecule has 0 aliphatic rings. The lowest BCUT2D eigenvalue weighted by Gasteiger charge is -2.14. The van der Waals surface area contributed by atoms with Gasteiger partial charge in [0.2, 0.25) is 11.5 Å². The summed E-state index contributed by atoms with van der Waals surface area (Å²) in [7, 11) is 1.51. The summed E-state index contributed by atoms with van der Waals surface area (Å²) in [6.45, 7) is 1.45. The quantitative estimate of drug-likeness (QED) is 0.463. The van der Waals surface area contributed by atoms with Crippen molar-refractivity contribution in [1.82, 2.24) is 0 Å². The Bertz CT molecular complexity index is 730. The van der Waals surface area contributed by atoms with E-state index in [1.54, 1.807) is 24.3 Å². The van der Waals surface area contributed by atoms with Crippen LogP contribution in [0.2, 0.25) is 0 Å². The van der Waals surface area contributed by atoms with Crippen molar-refractivity contribution < 1.29 is 23.6 Å². The molecule has 2 aromatic carbocycles. The number of Topliss-reactive ketones (excluding diaryl/α,β-unsaturated/α-hetero) is 1. The maximum absolute atomic E-state index is 13.3. The van der Waals surface area contributed by atoms with Crippen LogP contribution in [0.1, 0.15) is 17.3 Å². The van der Waals surface area contributed by atoms with E-state index < -0.39 is 22.5 Å². The molecule has 0 aromatic heterocycles. The highest BCUT2D eigenvalue weighted by Crippen LogP contribution is 2.29. The first-order valence-electron chi connectivity index (χ1n) is 6.71. The minimum absolute atomic E-state index is 0.288. The zero-order valence-electron chi connectivity index (χ0n) is 12.5. The van der Waals surface area contributed by atoms with Crippen molar-refractivity contribution in [3.63, 3.8) is 0 Å². The molecule has 0 radical (unpaired) electrons. The number of methoxy groups -OCH3 is 1. The highest BCUT2D eigenvalue weighted by molar-refractivity contribution is 5.99. The van der Waals surface area contributed by atoms with Gasteiger partial charge in [-0.2, -0.15) is 0 Å². The van der Waals surface area contributed by atoms with E-state index in [9.17, 15) is 19.3 Å². The van der Waals surface area contributed by atoms with Crippen LogP contribution >= 0.6 is 0 Å². The lowest BCUT2D eigenvalue weighted by atomic mass is 10.1. The van der Waals surface area contributed by atoms with Crippen LogP contribution in [0.3, 0.4) is 0 Å². The highest BCUT2D eigenvalue weighted by Gasteiger charge is 2.22. The van der Waals surface area contributed by atoms with E-state index in [4.69, 9.17) is 9.47 Å². The number of rotatable bonds is 6. The molecule has 2 rings (SSSR count). The summed E-state index contributed by atoms with van der Waals surface area (Å²) >= 11 is 0. The molecule has 0 bridgehead atoms. The van der Waals surface area contributed by atoms with Crippen molar-refractivity contribution in [3.05, 3.63) is 64.0 Å². The van der Waals surface area contributed by atoms with Gasteiger partial charge < -0.3 is 9.47 Å². The van der Waals surface area contributed by atoms with E-state index in [-0.39, 0.29) is 11.5 Å². The number of halogens is 1. The van der Waals surface area contributed by atoms with Crippen LogP contribution in [0.5, 0.6) is 11.5 Å². The Kier molecular flexibility index (Phi) is 4.90. The molecule has 7 heteroatoms. The van der Waals surface area contributed by atoms with Crippen LogP contribution in [0, 0.1) is 15.9 Å². The second-order valence-electron chi connectivity index (χ2n) is 4.72. The van der Waals surface area contributed by atoms with E-state index in [2.05, 4.69) is 0 Å². The van der Waals surface area contributed by atoms with Gasteiger partial charge in [0.15, 0.2) is 6.10 Å². The Labute approximate surface area is 131 Å². The van der Waals surface area contributed by atoms with Gasteiger partial charge in [0, 0.05) is 17.7 Å². The molecule has 0 saturated carbocycles. The van der Waals surface area contributed by atoms with Gasteiger partial charge in [-0.3, -0.25) is 14.9 Å². The van der Waals surface area contributed by atoms with Gasteiger partial charge >= 0.3 is 5.69 Å². The number of nitro benzene ring substituents is 1. The largest absolute Gasteiger partial charge is 0.497 e. The Morgan fingerprint density at radius 1 is 1.22 bits per heavy atom. The van der Waals surface area contributed by atoms with Gasteiger partial charge in [-0.05, 0) is 37.3 Å². The molecule has 0 unspecified atom stereocenters. The minimum atomic E-state index is -1.01. The molecular weight excluding hydrogens is 305 g/mol. The van der Waals surface area contributed by atoms with E-state index in [0.29, 0.717) is 11.3 Å². The number of carbonyl (C=O) groups is 1. The smallest absolute Gasteiger partial charge is 0.311 e. The van der Waals surface area contributed by atoms with E-state index >= 15 is 0 Å². The summed E-state index contributed by atoms with van der Waals surface area (Å²) < 4.78 is 23.6. The summed E-state index contributed by atoms with van der Waals surface area (Å²) in [4.78, 5) is 22.5. The monoisotopic (exact) mass is 319 g/mol. The van der Waals surface area contributed by atoms with Crippen LogP contribution in [0.15, 0.2) is 42.5 Å². The van der Waals surface area contributed by atoms with E-state index in [1.807, 2.05) is 0 Å². The lowest BCUT2D eigenvalue weighted by molar-refractivity contribution is -0.386. The maximum Gasteiger partial charge on any atom is 0.311 e. The van der Waals surface area contributed by atoms with Gasteiger partial charge in [-0.25, -0.2) is 4.39 Å². The predicted octanol–water partition coefficient (Wildman–Crippen LogP) is 3.39. The molecule has 0 aliphatic heterocycles. The van der Waals surface area contributed by atoms with Crippen LogP contribution in [0.4, 0.5) is 10.1 Å². The number of nitro groups is 1. The molecular formula is C16H14FNO5. The predicted molar refractivity (Wildman–Crippen MR) is 80.5 cm³/mol. The molecule has 120 valence electrons. The van der Waals surface area contributed by atoms with Gasteiger partial charge in [0.1, 0.15) is 11.6 Å². The van der Waals surface area contributed by atoms with Crippen molar-refractivity contribution in [2.45, 2.75) is 13.0 Å². The Hall–Kier alpha value is -2.96. The summed E-state index contributed by atoms with van der Waals surface area (Å²) in [6, 6.07) is 9.18. The van der Waals surface area contributed by atoms with E-state index in [0.717, 1.165) is 18.2 Å². The summed E-state index contributed by atoms with van der Waals surface area (Å²) in [6.07, 6.45) is -1.01. The molecule has 0 spiro atoms. The number of hydrogen-bond donors (Lipinski definition) is 0. The fraction of sp³-hybridized carbons (Fsp3) is 0.188.